The number of nitrogens with two attached hydrogens (primary N) is 1. The molecule has 2 atom stereocenters. The van der Waals surface area contributed by atoms with Gasteiger partial charge in [0.05, 0.1) is 5.60 Å². The average molecular weight is 535 g/mol. The van der Waals surface area contributed by atoms with E-state index in [9.17, 15) is 9.90 Å². The van der Waals surface area contributed by atoms with Gasteiger partial charge in [-0.3, -0.25) is 4.79 Å². The van der Waals surface area contributed by atoms with Gasteiger partial charge in [0.15, 0.2) is 11.6 Å². The zero-order valence-corrected chi connectivity index (χ0v) is 22.9. The van der Waals surface area contributed by atoms with Crippen molar-refractivity contribution < 1.29 is 23.8 Å². The third-order valence-corrected chi connectivity index (χ3v) is 7.62. The summed E-state index contributed by atoms with van der Waals surface area (Å²) in [5.74, 6) is -0.390. The Morgan fingerprint density at radius 3 is 2.62 bits per heavy atom. The number of rotatable bonds is 11. The number of benzene rings is 3. The van der Waals surface area contributed by atoms with Crippen molar-refractivity contribution in [2.24, 2.45) is 11.7 Å². The third-order valence-electron chi connectivity index (χ3n) is 7.62. The van der Waals surface area contributed by atoms with Crippen molar-refractivity contribution in [1.29, 1.82) is 0 Å². The van der Waals surface area contributed by atoms with Gasteiger partial charge in [-0.2, -0.15) is 0 Å². The summed E-state index contributed by atoms with van der Waals surface area (Å²) >= 11 is 0. The van der Waals surface area contributed by atoms with E-state index in [1.54, 1.807) is 42.3 Å². The van der Waals surface area contributed by atoms with E-state index in [-0.39, 0.29) is 17.6 Å². The first-order valence-corrected chi connectivity index (χ1v) is 13.7. The molecule has 0 saturated carbocycles. The lowest BCUT2D eigenvalue weighted by Gasteiger charge is -2.43. The minimum atomic E-state index is -1.41. The van der Waals surface area contributed by atoms with Gasteiger partial charge in [0.2, 0.25) is 0 Å². The third kappa shape index (κ3) is 6.85. The maximum Gasteiger partial charge on any atom is 0.253 e. The quantitative estimate of drug-likeness (QED) is 0.297. The molecule has 1 heterocycles. The van der Waals surface area contributed by atoms with E-state index in [1.807, 2.05) is 37.3 Å². The van der Waals surface area contributed by atoms with Crippen LogP contribution in [0, 0.1) is 18.7 Å². The molecule has 1 saturated heterocycles. The molecule has 1 unspecified atom stereocenters. The monoisotopic (exact) mass is 534 g/mol. The van der Waals surface area contributed by atoms with Crippen LogP contribution in [0.25, 0.3) is 0 Å². The van der Waals surface area contributed by atoms with Gasteiger partial charge in [-0.15, -0.1) is 0 Å². The Morgan fingerprint density at radius 2 is 1.90 bits per heavy atom. The number of nitrogens with zero attached hydrogens (tertiary/aromatic N) is 1. The van der Waals surface area contributed by atoms with Crippen molar-refractivity contribution in [3.05, 3.63) is 94.8 Å². The molecule has 3 aromatic carbocycles. The Labute approximate surface area is 230 Å². The predicted molar refractivity (Wildman–Crippen MR) is 150 cm³/mol. The molecule has 0 radical (unpaired) electrons. The second-order valence-corrected chi connectivity index (χ2v) is 10.4. The molecule has 0 spiro atoms. The number of aliphatic hydroxyl groups is 1. The summed E-state index contributed by atoms with van der Waals surface area (Å²) in [5.41, 5.74) is 7.25. The van der Waals surface area contributed by atoms with Crippen molar-refractivity contribution in [2.75, 3.05) is 26.8 Å². The molecule has 1 amide bonds. The molecular weight excluding hydrogens is 495 g/mol. The number of hydrogen-bond donors (Lipinski definition) is 2. The molecule has 1 aliphatic heterocycles. The highest BCUT2D eigenvalue weighted by atomic mass is 19.1. The van der Waals surface area contributed by atoms with Crippen LogP contribution in [-0.4, -0.2) is 42.7 Å². The minimum absolute atomic E-state index is 0.0261. The standard InChI is InChI=1S/C32H39FN2O4/c1-23-8-5-10-27(20-23)39-30-28(11-6-12-29(30)33)32(37,17-3-4-19-38-2)26-9-7-18-35(22-26)31(36)25-15-13-24(21-34)14-16-25/h5-6,8,10-16,20,26,37H,3-4,7,9,17-19,21-22,34H2,1-2H3/t26-,32?/m1/s1. The first-order valence-electron chi connectivity index (χ1n) is 13.7. The number of likely N-dealkylation sites (tertiary alicyclic amines) is 1. The van der Waals surface area contributed by atoms with Crippen LogP contribution < -0.4 is 10.5 Å². The number of hydrogen-bond acceptors (Lipinski definition) is 5. The van der Waals surface area contributed by atoms with Crippen LogP contribution in [0.1, 0.15) is 59.2 Å². The van der Waals surface area contributed by atoms with E-state index < -0.39 is 11.4 Å². The van der Waals surface area contributed by atoms with Crippen LogP contribution in [0.5, 0.6) is 11.5 Å². The summed E-state index contributed by atoms with van der Waals surface area (Å²) in [6.45, 7) is 3.89. The number of carbonyl (C=O) groups excluding carboxylic acids is 1. The topological polar surface area (TPSA) is 85.0 Å². The molecule has 3 N–H and O–H groups in total. The number of ether oxygens (including phenoxy) is 2. The van der Waals surface area contributed by atoms with Gasteiger partial charge in [-0.1, -0.05) is 36.4 Å². The SMILES string of the molecule is COCCCCC(O)(c1cccc(F)c1Oc1cccc(C)c1)[C@@H]1CCCN(C(=O)c2ccc(CN)cc2)C1. The molecule has 39 heavy (non-hydrogen) atoms. The molecule has 0 aliphatic carbocycles. The van der Waals surface area contributed by atoms with Crippen molar-refractivity contribution in [1.82, 2.24) is 4.90 Å². The van der Waals surface area contributed by atoms with Crippen molar-refractivity contribution in [3.63, 3.8) is 0 Å². The number of halogens is 1. The van der Waals surface area contributed by atoms with Gasteiger partial charge < -0.3 is 25.2 Å². The van der Waals surface area contributed by atoms with E-state index >= 15 is 4.39 Å². The Hall–Kier alpha value is -3.26. The van der Waals surface area contributed by atoms with Gasteiger partial charge in [0.1, 0.15) is 5.75 Å². The summed E-state index contributed by atoms with van der Waals surface area (Å²) in [5, 5.41) is 12.4. The number of methoxy groups -OCH3 is 1. The first kappa shape index (κ1) is 28.7. The largest absolute Gasteiger partial charge is 0.454 e. The van der Waals surface area contributed by atoms with E-state index in [4.69, 9.17) is 15.2 Å². The lowest BCUT2D eigenvalue weighted by molar-refractivity contribution is -0.0592. The second-order valence-electron chi connectivity index (χ2n) is 10.4. The average Bonchev–Trinajstić information content (AvgIpc) is 2.96. The van der Waals surface area contributed by atoms with E-state index in [0.29, 0.717) is 62.4 Å². The fraction of sp³-hybridized carbons (Fsp3) is 0.406. The maximum atomic E-state index is 15.3. The van der Waals surface area contributed by atoms with Crippen LogP contribution in [0.15, 0.2) is 66.7 Å². The van der Waals surface area contributed by atoms with Crippen LogP contribution >= 0.6 is 0 Å². The van der Waals surface area contributed by atoms with Gasteiger partial charge in [-0.05, 0) is 80.5 Å². The number of amides is 1. The van der Waals surface area contributed by atoms with E-state index in [2.05, 4.69) is 0 Å². The maximum absolute atomic E-state index is 15.3. The predicted octanol–water partition coefficient (Wildman–Crippen LogP) is 5.94. The molecule has 1 fully saturated rings. The van der Waals surface area contributed by atoms with Gasteiger partial charge in [0.25, 0.3) is 5.91 Å². The van der Waals surface area contributed by atoms with E-state index in [1.165, 1.54) is 6.07 Å². The first-order chi connectivity index (χ1) is 18.9. The fourth-order valence-corrected chi connectivity index (χ4v) is 5.47. The van der Waals surface area contributed by atoms with Crippen LogP contribution in [0.4, 0.5) is 4.39 Å². The van der Waals surface area contributed by atoms with Crippen LogP contribution in [-0.2, 0) is 16.9 Å². The lowest BCUT2D eigenvalue weighted by Crippen LogP contribution is -2.48. The highest BCUT2D eigenvalue weighted by Gasteiger charge is 2.43. The number of para-hydroxylation sites is 1. The molecule has 1 aliphatic rings. The zero-order valence-electron chi connectivity index (χ0n) is 22.9. The number of unbranched alkanes of at least 4 members (excludes halogenated alkanes) is 1. The summed E-state index contributed by atoms with van der Waals surface area (Å²) in [7, 11) is 1.65. The lowest BCUT2D eigenvalue weighted by atomic mass is 9.73. The molecule has 0 bridgehead atoms. The van der Waals surface area contributed by atoms with Crippen LogP contribution in [0.2, 0.25) is 0 Å². The highest BCUT2D eigenvalue weighted by molar-refractivity contribution is 5.94. The second kappa shape index (κ2) is 13.2. The number of aryl methyl sites for hydroxylation is 1. The van der Waals surface area contributed by atoms with Crippen molar-refractivity contribution in [2.45, 2.75) is 51.2 Å². The minimum Gasteiger partial charge on any atom is -0.454 e. The van der Waals surface area contributed by atoms with Crippen LogP contribution in [0.3, 0.4) is 0 Å². The molecular formula is C32H39FN2O4. The highest BCUT2D eigenvalue weighted by Crippen LogP contribution is 2.45. The van der Waals surface area contributed by atoms with Gasteiger partial charge in [0, 0.05) is 50.4 Å². The Kier molecular flexibility index (Phi) is 9.73. The van der Waals surface area contributed by atoms with Gasteiger partial charge >= 0.3 is 0 Å². The molecule has 0 aromatic heterocycles. The molecule has 6 nitrogen and oxygen atoms in total. The molecule has 7 heteroatoms. The Bertz CT molecular complexity index is 1250. The van der Waals surface area contributed by atoms with Crippen molar-refractivity contribution in [3.8, 4) is 11.5 Å². The zero-order chi connectivity index (χ0) is 27.8. The molecule has 4 rings (SSSR count). The number of carbonyl (C=O) groups is 1. The van der Waals surface area contributed by atoms with Crippen molar-refractivity contribution >= 4 is 5.91 Å². The smallest absolute Gasteiger partial charge is 0.253 e. The Morgan fingerprint density at radius 1 is 1.13 bits per heavy atom. The molecule has 3 aromatic rings. The summed E-state index contributed by atoms with van der Waals surface area (Å²) in [4.78, 5) is 15.2. The van der Waals surface area contributed by atoms with Gasteiger partial charge in [-0.25, -0.2) is 4.39 Å². The summed E-state index contributed by atoms with van der Waals surface area (Å²) in [6.07, 6.45) is 3.26. The normalized spacial score (nSPS) is 17.1. The summed E-state index contributed by atoms with van der Waals surface area (Å²) < 4.78 is 26.7. The summed E-state index contributed by atoms with van der Waals surface area (Å²) in [6, 6.07) is 19.4. The van der Waals surface area contributed by atoms with E-state index in [0.717, 1.165) is 24.0 Å². The molecule has 208 valence electrons. The fourth-order valence-electron chi connectivity index (χ4n) is 5.47. The Balaban J connectivity index is 1.66. The number of piperidine rings is 1.